The van der Waals surface area contributed by atoms with Crippen LogP contribution in [-0.4, -0.2) is 19.9 Å². The molecular weight excluding hydrogens is 368 g/mol. The van der Waals surface area contributed by atoms with Crippen LogP contribution in [0.3, 0.4) is 0 Å². The first kappa shape index (κ1) is 17.3. The van der Waals surface area contributed by atoms with Crippen LogP contribution >= 0.6 is 11.8 Å². The monoisotopic (exact) mass is 388 g/mol. The van der Waals surface area contributed by atoms with E-state index in [1.165, 1.54) is 18.4 Å². The quantitative estimate of drug-likeness (QED) is 0.410. The van der Waals surface area contributed by atoms with Crippen LogP contribution in [0.4, 0.5) is 0 Å². The van der Waals surface area contributed by atoms with Crippen molar-refractivity contribution in [3.63, 3.8) is 0 Å². The van der Waals surface area contributed by atoms with Crippen molar-refractivity contribution in [1.29, 1.82) is 0 Å². The Morgan fingerprint density at radius 3 is 2.46 bits per heavy atom. The first-order chi connectivity index (χ1) is 13.9. The first-order valence-electron chi connectivity index (χ1n) is 9.47. The highest BCUT2D eigenvalue weighted by Gasteiger charge is 2.30. The number of hydrogen-bond donors (Lipinski definition) is 0. The summed E-state index contributed by atoms with van der Waals surface area (Å²) < 4.78 is 7.77. The van der Waals surface area contributed by atoms with Gasteiger partial charge in [-0.25, -0.2) is 0 Å². The van der Waals surface area contributed by atoms with Gasteiger partial charge in [-0.1, -0.05) is 77.6 Å². The van der Waals surface area contributed by atoms with E-state index < -0.39 is 0 Å². The van der Waals surface area contributed by atoms with Crippen molar-refractivity contribution in [1.82, 2.24) is 19.9 Å². The second-order valence-corrected chi connectivity index (χ2v) is 7.97. The Morgan fingerprint density at radius 2 is 1.71 bits per heavy atom. The molecule has 2 aromatic heterocycles. The molecule has 2 heterocycles. The van der Waals surface area contributed by atoms with Crippen LogP contribution in [0.15, 0.2) is 76.4 Å². The smallest absolute Gasteiger partial charge is 0.191 e. The van der Waals surface area contributed by atoms with Gasteiger partial charge in [0.2, 0.25) is 0 Å². The van der Waals surface area contributed by atoms with Crippen LogP contribution in [0, 0.1) is 0 Å². The van der Waals surface area contributed by atoms with Crippen LogP contribution in [0.1, 0.15) is 35.8 Å². The van der Waals surface area contributed by atoms with Crippen molar-refractivity contribution < 1.29 is 4.52 Å². The zero-order valence-corrected chi connectivity index (χ0v) is 16.2. The summed E-state index contributed by atoms with van der Waals surface area (Å²) in [6.45, 7) is 0.802. The van der Waals surface area contributed by atoms with Crippen LogP contribution in [0.2, 0.25) is 0 Å². The van der Waals surface area contributed by atoms with Crippen LogP contribution in [-0.2, 0) is 12.3 Å². The van der Waals surface area contributed by atoms with Gasteiger partial charge in [0.1, 0.15) is 5.82 Å². The van der Waals surface area contributed by atoms with Gasteiger partial charge in [-0.05, 0) is 18.4 Å². The van der Waals surface area contributed by atoms with Crippen molar-refractivity contribution in [2.24, 2.45) is 0 Å². The van der Waals surface area contributed by atoms with Gasteiger partial charge in [-0.2, -0.15) is 0 Å². The molecule has 0 aliphatic heterocycles. The van der Waals surface area contributed by atoms with Crippen molar-refractivity contribution >= 4 is 11.8 Å². The Balaban J connectivity index is 1.34. The molecule has 28 heavy (non-hydrogen) atoms. The lowest BCUT2D eigenvalue weighted by molar-refractivity contribution is 0.426. The summed E-state index contributed by atoms with van der Waals surface area (Å²) in [6.07, 6.45) is 2.42. The first-order valence-corrected chi connectivity index (χ1v) is 10.5. The van der Waals surface area contributed by atoms with E-state index >= 15 is 0 Å². The Hall–Kier alpha value is -2.86. The lowest BCUT2D eigenvalue weighted by atomic mass is 10.2. The number of thioether (sulfide) groups is 1. The standard InChI is InChI=1S/C22H20N4OS/c1-3-7-16(8-4-1)14-26-21(18-11-12-18)23-24-22(26)28-15-19-13-20(27-25-19)17-9-5-2-6-10-17/h1-10,13,18H,11-12,14-15H2. The number of rotatable bonds is 7. The van der Waals surface area contributed by atoms with E-state index in [2.05, 4.69) is 44.2 Å². The molecule has 0 N–H and O–H groups in total. The summed E-state index contributed by atoms with van der Waals surface area (Å²) in [6, 6.07) is 22.5. The van der Waals surface area contributed by atoms with Crippen molar-refractivity contribution in [2.75, 3.05) is 0 Å². The highest BCUT2D eigenvalue weighted by molar-refractivity contribution is 7.98. The molecule has 140 valence electrons. The molecule has 5 nitrogen and oxygen atoms in total. The second-order valence-electron chi connectivity index (χ2n) is 7.02. The fraction of sp³-hybridized carbons (Fsp3) is 0.227. The molecule has 0 bridgehead atoms. The third-order valence-corrected chi connectivity index (χ3v) is 5.84. The molecule has 0 spiro atoms. The fourth-order valence-corrected chi connectivity index (χ4v) is 4.05. The maximum atomic E-state index is 5.51. The van der Waals surface area contributed by atoms with Crippen molar-refractivity contribution in [3.05, 3.63) is 83.8 Å². The van der Waals surface area contributed by atoms with Gasteiger partial charge in [0.25, 0.3) is 0 Å². The van der Waals surface area contributed by atoms with Gasteiger partial charge in [0.15, 0.2) is 10.9 Å². The summed E-state index contributed by atoms with van der Waals surface area (Å²) in [7, 11) is 0. The molecule has 4 aromatic rings. The van der Waals surface area contributed by atoms with E-state index in [0.717, 1.165) is 34.5 Å². The molecule has 6 heteroatoms. The lowest BCUT2D eigenvalue weighted by Crippen LogP contribution is -2.06. The molecule has 0 atom stereocenters. The van der Waals surface area contributed by atoms with E-state index in [1.807, 2.05) is 42.5 Å². The lowest BCUT2D eigenvalue weighted by Gasteiger charge is -2.09. The molecule has 1 aliphatic rings. The Labute approximate surface area is 167 Å². The Bertz CT molecular complexity index is 1050. The Kier molecular flexibility index (Phi) is 4.71. The largest absolute Gasteiger partial charge is 0.356 e. The molecule has 0 amide bonds. The topological polar surface area (TPSA) is 56.7 Å². The summed E-state index contributed by atoms with van der Waals surface area (Å²) in [5.41, 5.74) is 3.21. The van der Waals surface area contributed by atoms with Gasteiger partial charge in [-0.15, -0.1) is 10.2 Å². The molecule has 0 saturated heterocycles. The van der Waals surface area contributed by atoms with Gasteiger partial charge in [0.05, 0.1) is 12.2 Å². The van der Waals surface area contributed by atoms with E-state index in [0.29, 0.717) is 11.7 Å². The normalized spacial score (nSPS) is 13.7. The minimum Gasteiger partial charge on any atom is -0.356 e. The number of aromatic nitrogens is 4. The minimum absolute atomic E-state index is 0.558. The molecular formula is C22H20N4OS. The van der Waals surface area contributed by atoms with Crippen molar-refractivity contribution in [2.45, 2.75) is 36.2 Å². The van der Waals surface area contributed by atoms with Crippen LogP contribution in [0.25, 0.3) is 11.3 Å². The highest BCUT2D eigenvalue weighted by atomic mass is 32.2. The summed E-state index contributed by atoms with van der Waals surface area (Å²) in [4.78, 5) is 0. The molecule has 1 aliphatic carbocycles. The van der Waals surface area contributed by atoms with E-state index in [1.54, 1.807) is 11.8 Å². The van der Waals surface area contributed by atoms with Gasteiger partial charge in [-0.3, -0.25) is 0 Å². The predicted molar refractivity (Wildman–Crippen MR) is 109 cm³/mol. The molecule has 1 fully saturated rings. The average Bonchev–Trinajstić information content (AvgIpc) is 3.34. The summed E-state index contributed by atoms with van der Waals surface area (Å²) in [5.74, 6) is 3.16. The minimum atomic E-state index is 0.558. The summed E-state index contributed by atoms with van der Waals surface area (Å²) in [5, 5.41) is 14.1. The second kappa shape index (κ2) is 7.64. The SMILES string of the molecule is c1ccc(Cn2c(SCc3cc(-c4ccccc4)on3)nnc2C2CC2)cc1. The number of benzene rings is 2. The number of nitrogens with zero attached hydrogens (tertiary/aromatic N) is 4. The molecule has 0 radical (unpaired) electrons. The van der Waals surface area contributed by atoms with Crippen molar-refractivity contribution in [3.8, 4) is 11.3 Å². The van der Waals surface area contributed by atoms with Crippen LogP contribution in [0.5, 0.6) is 0 Å². The van der Waals surface area contributed by atoms with E-state index in [4.69, 9.17) is 4.52 Å². The van der Waals surface area contributed by atoms with E-state index in [9.17, 15) is 0 Å². The third-order valence-electron chi connectivity index (χ3n) is 4.84. The fourth-order valence-electron chi connectivity index (χ4n) is 3.22. The number of hydrogen-bond acceptors (Lipinski definition) is 5. The maximum Gasteiger partial charge on any atom is 0.191 e. The van der Waals surface area contributed by atoms with E-state index in [-0.39, 0.29) is 0 Å². The summed E-state index contributed by atoms with van der Waals surface area (Å²) >= 11 is 1.66. The van der Waals surface area contributed by atoms with Crippen LogP contribution < -0.4 is 0 Å². The Morgan fingerprint density at radius 1 is 0.964 bits per heavy atom. The van der Waals surface area contributed by atoms with Gasteiger partial charge >= 0.3 is 0 Å². The molecule has 0 unspecified atom stereocenters. The zero-order chi connectivity index (χ0) is 18.8. The highest BCUT2D eigenvalue weighted by Crippen LogP contribution is 2.40. The predicted octanol–water partition coefficient (Wildman–Crippen LogP) is 5.15. The molecule has 1 saturated carbocycles. The molecule has 2 aromatic carbocycles. The molecule has 5 rings (SSSR count). The third kappa shape index (κ3) is 3.73. The van der Waals surface area contributed by atoms with Gasteiger partial charge < -0.3 is 9.09 Å². The zero-order valence-electron chi connectivity index (χ0n) is 15.4. The van der Waals surface area contributed by atoms with Gasteiger partial charge in [0, 0.05) is 23.3 Å². The average molecular weight is 388 g/mol. The maximum absolute atomic E-state index is 5.51.